The summed E-state index contributed by atoms with van der Waals surface area (Å²) in [6.07, 6.45) is 3.96. The Morgan fingerprint density at radius 2 is 2.14 bits per heavy atom. The quantitative estimate of drug-likeness (QED) is 0.863. The third-order valence-electron chi connectivity index (χ3n) is 3.43. The highest BCUT2D eigenvalue weighted by Gasteiger charge is 2.35. The second-order valence-electron chi connectivity index (χ2n) is 4.83. The minimum Gasteiger partial charge on any atom is -0.350 e. The number of hydrogen-bond acceptors (Lipinski definition) is 4. The third kappa shape index (κ3) is 3.04. The summed E-state index contributed by atoms with van der Waals surface area (Å²) in [6.45, 7) is 2.52. The Balaban J connectivity index is 1.89. The van der Waals surface area contributed by atoms with Crippen LogP contribution in [0.1, 0.15) is 24.9 Å². The van der Waals surface area contributed by atoms with Crippen molar-refractivity contribution in [3.63, 3.8) is 0 Å². The lowest BCUT2D eigenvalue weighted by Crippen LogP contribution is -2.22. The van der Waals surface area contributed by atoms with Gasteiger partial charge in [-0.25, -0.2) is 14.3 Å². The summed E-state index contributed by atoms with van der Waals surface area (Å²) in [5.41, 5.74) is 1.84. The molecule has 0 spiro atoms. The molecule has 4 nitrogen and oxygen atoms in total. The number of hydrogen-bond donors (Lipinski definition) is 0. The highest BCUT2D eigenvalue weighted by atomic mass is 19.1. The van der Waals surface area contributed by atoms with Crippen LogP contribution in [-0.2, 0) is 9.57 Å². The Bertz CT molecular complexity index is 577. The number of rotatable bonds is 4. The van der Waals surface area contributed by atoms with E-state index in [-0.39, 0.29) is 18.1 Å². The SMILES string of the molecule is CCOC1CC(c2cccnc2)N(c2ccc(F)cc2)O1. The van der Waals surface area contributed by atoms with Crippen molar-refractivity contribution in [3.05, 3.63) is 60.2 Å². The highest BCUT2D eigenvalue weighted by Crippen LogP contribution is 2.38. The maximum atomic E-state index is 13.1. The Morgan fingerprint density at radius 1 is 1.33 bits per heavy atom. The molecular weight excluding hydrogens is 271 g/mol. The number of halogens is 1. The lowest BCUT2D eigenvalue weighted by Gasteiger charge is -2.24. The standard InChI is InChI=1S/C16H17FN2O2/c1-2-20-16-10-15(12-4-3-9-18-11-12)19(21-16)14-7-5-13(17)6-8-14/h3-9,11,15-16H,2,10H2,1H3. The Morgan fingerprint density at radius 3 is 2.81 bits per heavy atom. The van der Waals surface area contributed by atoms with Crippen molar-refractivity contribution in [2.75, 3.05) is 11.7 Å². The van der Waals surface area contributed by atoms with Gasteiger partial charge >= 0.3 is 0 Å². The van der Waals surface area contributed by atoms with Gasteiger partial charge in [0.2, 0.25) is 0 Å². The van der Waals surface area contributed by atoms with Crippen molar-refractivity contribution in [2.45, 2.75) is 25.7 Å². The molecule has 21 heavy (non-hydrogen) atoms. The molecule has 0 saturated carbocycles. The predicted molar refractivity (Wildman–Crippen MR) is 77.0 cm³/mol. The average molecular weight is 288 g/mol. The molecule has 0 bridgehead atoms. The largest absolute Gasteiger partial charge is 0.350 e. The molecule has 2 atom stereocenters. The van der Waals surface area contributed by atoms with Crippen molar-refractivity contribution in [3.8, 4) is 0 Å². The van der Waals surface area contributed by atoms with Crippen LogP contribution < -0.4 is 5.06 Å². The molecule has 1 aromatic heterocycles. The molecule has 110 valence electrons. The summed E-state index contributed by atoms with van der Waals surface area (Å²) >= 11 is 0. The first kappa shape index (κ1) is 14.0. The fourth-order valence-corrected chi connectivity index (χ4v) is 2.48. The van der Waals surface area contributed by atoms with Crippen molar-refractivity contribution in [2.24, 2.45) is 0 Å². The minimum atomic E-state index is -0.301. The Kier molecular flexibility index (Phi) is 4.13. The highest BCUT2D eigenvalue weighted by molar-refractivity contribution is 5.47. The van der Waals surface area contributed by atoms with E-state index >= 15 is 0 Å². The molecule has 0 radical (unpaired) electrons. The van der Waals surface area contributed by atoms with E-state index in [4.69, 9.17) is 9.57 Å². The van der Waals surface area contributed by atoms with E-state index in [0.29, 0.717) is 13.0 Å². The topological polar surface area (TPSA) is 34.6 Å². The second kappa shape index (κ2) is 6.20. The molecule has 5 heteroatoms. The molecular formula is C16H17FN2O2. The molecule has 1 aromatic carbocycles. The van der Waals surface area contributed by atoms with Crippen LogP contribution in [0.2, 0.25) is 0 Å². The van der Waals surface area contributed by atoms with Gasteiger partial charge in [0.05, 0.1) is 11.7 Å². The van der Waals surface area contributed by atoms with Gasteiger partial charge in [0.1, 0.15) is 5.82 Å². The van der Waals surface area contributed by atoms with Gasteiger partial charge in [-0.15, -0.1) is 0 Å². The zero-order valence-electron chi connectivity index (χ0n) is 11.8. The molecule has 1 fully saturated rings. The Hall–Kier alpha value is -1.98. The van der Waals surface area contributed by atoms with Gasteiger partial charge in [0.25, 0.3) is 0 Å². The van der Waals surface area contributed by atoms with E-state index in [2.05, 4.69) is 4.98 Å². The smallest absolute Gasteiger partial charge is 0.186 e. The van der Waals surface area contributed by atoms with Crippen LogP contribution in [0.4, 0.5) is 10.1 Å². The van der Waals surface area contributed by atoms with E-state index < -0.39 is 0 Å². The zero-order chi connectivity index (χ0) is 14.7. The molecule has 0 amide bonds. The maximum Gasteiger partial charge on any atom is 0.186 e. The number of aromatic nitrogens is 1. The van der Waals surface area contributed by atoms with Crippen LogP contribution in [0.3, 0.4) is 0 Å². The predicted octanol–water partition coefficient (Wildman–Crippen LogP) is 3.47. The molecule has 1 aliphatic rings. The normalized spacial score (nSPS) is 21.7. The summed E-state index contributed by atoms with van der Waals surface area (Å²) in [6, 6.07) is 10.2. The minimum absolute atomic E-state index is 0.000659. The maximum absolute atomic E-state index is 13.1. The van der Waals surface area contributed by atoms with Gasteiger partial charge < -0.3 is 4.74 Å². The van der Waals surface area contributed by atoms with E-state index in [1.54, 1.807) is 23.4 Å². The van der Waals surface area contributed by atoms with Gasteiger partial charge in [0.15, 0.2) is 6.29 Å². The molecule has 2 aromatic rings. The molecule has 1 saturated heterocycles. The number of ether oxygens (including phenoxy) is 1. The molecule has 0 aliphatic carbocycles. The fraction of sp³-hybridized carbons (Fsp3) is 0.312. The Labute approximate surface area is 123 Å². The first-order valence-electron chi connectivity index (χ1n) is 7.01. The van der Waals surface area contributed by atoms with Crippen molar-refractivity contribution in [1.29, 1.82) is 0 Å². The van der Waals surface area contributed by atoms with Gasteiger partial charge in [-0.2, -0.15) is 0 Å². The molecule has 2 unspecified atom stereocenters. The van der Waals surface area contributed by atoms with Gasteiger partial charge in [0, 0.05) is 25.4 Å². The van der Waals surface area contributed by atoms with E-state index in [0.717, 1.165) is 11.3 Å². The van der Waals surface area contributed by atoms with E-state index in [9.17, 15) is 4.39 Å². The summed E-state index contributed by atoms with van der Waals surface area (Å²) in [5, 5.41) is 1.77. The first-order chi connectivity index (χ1) is 10.3. The van der Waals surface area contributed by atoms with Gasteiger partial charge in [-0.05, 0) is 42.8 Å². The second-order valence-corrected chi connectivity index (χ2v) is 4.83. The summed E-state index contributed by atoms with van der Waals surface area (Å²) in [5.74, 6) is -0.266. The van der Waals surface area contributed by atoms with Crippen molar-refractivity contribution >= 4 is 5.69 Å². The van der Waals surface area contributed by atoms with Crippen LogP contribution in [0, 0.1) is 5.82 Å². The number of hydroxylamine groups is 1. The van der Waals surface area contributed by atoms with E-state index in [1.165, 1.54) is 12.1 Å². The lowest BCUT2D eigenvalue weighted by molar-refractivity contribution is -0.115. The van der Waals surface area contributed by atoms with Gasteiger partial charge in [-0.3, -0.25) is 4.98 Å². The van der Waals surface area contributed by atoms with Crippen LogP contribution >= 0.6 is 0 Å². The van der Waals surface area contributed by atoms with Crippen molar-refractivity contribution < 1.29 is 14.0 Å². The van der Waals surface area contributed by atoms with Crippen molar-refractivity contribution in [1.82, 2.24) is 4.98 Å². The third-order valence-corrected chi connectivity index (χ3v) is 3.43. The first-order valence-corrected chi connectivity index (χ1v) is 7.01. The molecule has 1 aliphatic heterocycles. The summed E-state index contributed by atoms with van der Waals surface area (Å²) in [7, 11) is 0. The fourth-order valence-electron chi connectivity index (χ4n) is 2.48. The average Bonchev–Trinajstić information content (AvgIpc) is 2.93. The lowest BCUT2D eigenvalue weighted by atomic mass is 10.1. The molecule has 2 heterocycles. The zero-order valence-corrected chi connectivity index (χ0v) is 11.8. The molecule has 0 N–H and O–H groups in total. The van der Waals surface area contributed by atoms with Crippen LogP contribution in [-0.4, -0.2) is 17.9 Å². The van der Waals surface area contributed by atoms with Crippen LogP contribution in [0.25, 0.3) is 0 Å². The summed E-state index contributed by atoms with van der Waals surface area (Å²) in [4.78, 5) is 10.0. The number of pyridine rings is 1. The van der Waals surface area contributed by atoms with Crippen LogP contribution in [0.5, 0.6) is 0 Å². The number of nitrogens with zero attached hydrogens (tertiary/aromatic N) is 2. The van der Waals surface area contributed by atoms with Crippen LogP contribution in [0.15, 0.2) is 48.8 Å². The van der Waals surface area contributed by atoms with E-state index in [1.807, 2.05) is 25.3 Å². The summed E-state index contributed by atoms with van der Waals surface area (Å²) < 4.78 is 18.7. The number of benzene rings is 1. The van der Waals surface area contributed by atoms with Gasteiger partial charge in [-0.1, -0.05) is 6.07 Å². The monoisotopic (exact) mass is 288 g/mol. The molecule has 3 rings (SSSR count). The number of anilines is 1.